The van der Waals surface area contributed by atoms with E-state index in [0.717, 1.165) is 73.7 Å². The monoisotopic (exact) mass is 383 g/mol. The fourth-order valence-corrected chi connectivity index (χ4v) is 5.08. The maximum Gasteiger partial charge on any atom is 0.239 e. The first-order valence-corrected chi connectivity index (χ1v) is 10.9. The van der Waals surface area contributed by atoms with Gasteiger partial charge in [-0.1, -0.05) is 13.0 Å². The largest absolute Gasteiger partial charge is 0.341 e. The highest BCUT2D eigenvalue weighted by atomic mass is 16.2. The van der Waals surface area contributed by atoms with E-state index in [-0.39, 0.29) is 5.91 Å². The van der Waals surface area contributed by atoms with E-state index in [0.29, 0.717) is 6.42 Å². The average Bonchev–Trinajstić information content (AvgIpc) is 3.22. The van der Waals surface area contributed by atoms with E-state index in [2.05, 4.69) is 34.6 Å². The Morgan fingerprint density at radius 1 is 1.21 bits per heavy atom. The van der Waals surface area contributed by atoms with Crippen molar-refractivity contribution in [3.05, 3.63) is 29.5 Å². The molecule has 2 aliphatic rings. The van der Waals surface area contributed by atoms with Gasteiger partial charge in [0.1, 0.15) is 0 Å². The summed E-state index contributed by atoms with van der Waals surface area (Å²) in [4.78, 5) is 14.9. The second-order valence-corrected chi connectivity index (χ2v) is 8.50. The third-order valence-corrected chi connectivity index (χ3v) is 6.75. The average molecular weight is 384 g/mol. The zero-order valence-corrected chi connectivity index (χ0v) is 16.9. The van der Waals surface area contributed by atoms with Gasteiger partial charge in [-0.15, -0.1) is 0 Å². The first-order valence-electron chi connectivity index (χ1n) is 10.9. The fourth-order valence-electron chi connectivity index (χ4n) is 5.08. The summed E-state index contributed by atoms with van der Waals surface area (Å²) in [6.07, 6.45) is 8.19. The summed E-state index contributed by atoms with van der Waals surface area (Å²) in [7, 11) is 0. The Morgan fingerprint density at radius 2 is 1.93 bits per heavy atom. The molecule has 0 bridgehead atoms. The van der Waals surface area contributed by atoms with Crippen LogP contribution in [-0.2, 0) is 17.6 Å². The number of aromatic amines is 1. The van der Waals surface area contributed by atoms with Gasteiger partial charge >= 0.3 is 0 Å². The molecule has 0 aliphatic carbocycles. The Bertz CT molecular complexity index is 802. The van der Waals surface area contributed by atoms with E-state index >= 15 is 0 Å². The van der Waals surface area contributed by atoms with E-state index in [9.17, 15) is 4.79 Å². The van der Waals surface area contributed by atoms with Crippen molar-refractivity contribution in [1.29, 1.82) is 0 Å². The number of piperidine rings is 2. The molecule has 4 N–H and O–H groups in total. The van der Waals surface area contributed by atoms with Crippen LogP contribution in [0, 0.1) is 11.8 Å². The number of aromatic nitrogens is 2. The standard InChI is InChI=1S/C22H33N5O/c1-2-16-11-15(12-19-14-25-26-21(16)19)13-20(23)22(28)27-9-5-18(6-10-27)17-3-7-24-8-4-17/h11-12,14,17-18,20,24H,2-10,13,23H2,1H3,(H,25,26). The van der Waals surface area contributed by atoms with Crippen molar-refractivity contribution in [1.82, 2.24) is 20.4 Å². The van der Waals surface area contributed by atoms with Crippen LogP contribution < -0.4 is 11.1 Å². The van der Waals surface area contributed by atoms with E-state index in [1.807, 2.05) is 11.1 Å². The van der Waals surface area contributed by atoms with Crippen molar-refractivity contribution in [2.24, 2.45) is 17.6 Å². The molecule has 4 rings (SSSR count). The van der Waals surface area contributed by atoms with Gasteiger partial charge in [-0.2, -0.15) is 5.10 Å². The van der Waals surface area contributed by atoms with Crippen LogP contribution in [0.5, 0.6) is 0 Å². The molecular weight excluding hydrogens is 350 g/mol. The van der Waals surface area contributed by atoms with Gasteiger partial charge in [0, 0.05) is 18.5 Å². The van der Waals surface area contributed by atoms with Crippen molar-refractivity contribution in [3.8, 4) is 0 Å². The minimum atomic E-state index is -0.468. The molecule has 1 unspecified atom stereocenters. The van der Waals surface area contributed by atoms with Crippen LogP contribution in [0.2, 0.25) is 0 Å². The Labute approximate surface area is 167 Å². The van der Waals surface area contributed by atoms with Gasteiger partial charge < -0.3 is 16.0 Å². The summed E-state index contributed by atoms with van der Waals surface area (Å²) >= 11 is 0. The third kappa shape index (κ3) is 4.08. The minimum Gasteiger partial charge on any atom is -0.341 e. The van der Waals surface area contributed by atoms with Crippen LogP contribution in [0.15, 0.2) is 18.3 Å². The van der Waals surface area contributed by atoms with E-state index < -0.39 is 6.04 Å². The number of aryl methyl sites for hydroxylation is 1. The lowest BCUT2D eigenvalue weighted by atomic mass is 9.79. The molecule has 1 atom stereocenters. The molecule has 6 nitrogen and oxygen atoms in total. The van der Waals surface area contributed by atoms with E-state index in [4.69, 9.17) is 5.73 Å². The van der Waals surface area contributed by atoms with Crippen LogP contribution in [0.25, 0.3) is 10.9 Å². The number of carbonyl (C=O) groups excluding carboxylic acids is 1. The zero-order valence-electron chi connectivity index (χ0n) is 16.9. The van der Waals surface area contributed by atoms with Crippen LogP contribution in [0.3, 0.4) is 0 Å². The van der Waals surface area contributed by atoms with Crippen molar-refractivity contribution in [2.75, 3.05) is 26.2 Å². The number of amides is 1. The Morgan fingerprint density at radius 3 is 2.64 bits per heavy atom. The molecule has 1 aromatic heterocycles. The van der Waals surface area contributed by atoms with Gasteiger partial charge in [-0.3, -0.25) is 9.89 Å². The number of hydrogen-bond donors (Lipinski definition) is 3. The van der Waals surface area contributed by atoms with E-state index in [1.165, 1.54) is 18.4 Å². The van der Waals surface area contributed by atoms with Gasteiger partial charge in [0.25, 0.3) is 0 Å². The zero-order chi connectivity index (χ0) is 19.5. The van der Waals surface area contributed by atoms with Crippen LogP contribution >= 0.6 is 0 Å². The normalized spacial score (nSPS) is 20.6. The first kappa shape index (κ1) is 19.4. The second-order valence-electron chi connectivity index (χ2n) is 8.50. The van der Waals surface area contributed by atoms with Gasteiger partial charge in [0.15, 0.2) is 0 Å². The highest BCUT2D eigenvalue weighted by Gasteiger charge is 2.30. The van der Waals surface area contributed by atoms with Crippen molar-refractivity contribution in [3.63, 3.8) is 0 Å². The lowest BCUT2D eigenvalue weighted by molar-refractivity contribution is -0.134. The Hall–Kier alpha value is -1.92. The van der Waals surface area contributed by atoms with Crippen molar-refractivity contribution >= 4 is 16.8 Å². The minimum absolute atomic E-state index is 0.106. The molecule has 1 aromatic carbocycles. The molecule has 3 heterocycles. The number of carbonyl (C=O) groups is 1. The van der Waals surface area contributed by atoms with Crippen LogP contribution in [0.1, 0.15) is 43.7 Å². The topological polar surface area (TPSA) is 87.0 Å². The summed E-state index contributed by atoms with van der Waals surface area (Å²) in [5.74, 6) is 1.72. The Kier molecular flexibility index (Phi) is 5.97. The van der Waals surface area contributed by atoms with Gasteiger partial charge in [0.05, 0.1) is 17.8 Å². The molecule has 0 spiro atoms. The fraction of sp³-hybridized carbons (Fsp3) is 0.636. The second kappa shape index (κ2) is 8.62. The lowest BCUT2D eigenvalue weighted by Gasteiger charge is -2.38. The molecule has 0 radical (unpaired) electrons. The number of hydrogen-bond acceptors (Lipinski definition) is 4. The molecule has 2 saturated heterocycles. The predicted molar refractivity (Wildman–Crippen MR) is 112 cm³/mol. The summed E-state index contributed by atoms with van der Waals surface area (Å²) in [5.41, 5.74) is 9.79. The quantitative estimate of drug-likeness (QED) is 0.739. The molecule has 6 heteroatoms. The number of nitrogens with one attached hydrogen (secondary N) is 2. The highest BCUT2D eigenvalue weighted by molar-refractivity contribution is 5.84. The number of nitrogens with two attached hydrogens (primary N) is 1. The number of fused-ring (bicyclic) bond motifs is 1. The number of benzene rings is 1. The van der Waals surface area contributed by atoms with Gasteiger partial charge in [-0.25, -0.2) is 0 Å². The smallest absolute Gasteiger partial charge is 0.239 e. The maximum atomic E-state index is 12.9. The number of rotatable bonds is 5. The predicted octanol–water partition coefficient (Wildman–Crippen LogP) is 2.23. The molecule has 2 fully saturated rings. The highest BCUT2D eigenvalue weighted by Crippen LogP contribution is 2.31. The Balaban J connectivity index is 1.35. The number of H-pyrrole nitrogens is 1. The van der Waals surface area contributed by atoms with Crippen LogP contribution in [0.4, 0.5) is 0 Å². The summed E-state index contributed by atoms with van der Waals surface area (Å²) in [6.45, 7) is 6.16. The third-order valence-electron chi connectivity index (χ3n) is 6.75. The molecular formula is C22H33N5O. The molecule has 2 aliphatic heterocycles. The molecule has 1 amide bonds. The van der Waals surface area contributed by atoms with Gasteiger partial charge in [-0.05, 0) is 80.6 Å². The number of nitrogens with zero attached hydrogens (tertiary/aromatic N) is 2. The first-order chi connectivity index (χ1) is 13.7. The molecule has 0 saturated carbocycles. The summed E-state index contributed by atoms with van der Waals surface area (Å²) in [6, 6.07) is 3.80. The number of likely N-dealkylation sites (tertiary alicyclic amines) is 1. The van der Waals surface area contributed by atoms with Crippen molar-refractivity contribution < 1.29 is 4.79 Å². The SMILES string of the molecule is CCc1cc(CC(N)C(=O)N2CCC(C3CCNCC3)CC2)cc2cn[nH]c12. The summed E-state index contributed by atoms with van der Waals surface area (Å²) < 4.78 is 0. The molecule has 152 valence electrons. The van der Waals surface area contributed by atoms with Crippen molar-refractivity contribution in [2.45, 2.75) is 51.5 Å². The lowest BCUT2D eigenvalue weighted by Crippen LogP contribution is -2.49. The van der Waals surface area contributed by atoms with Gasteiger partial charge in [0.2, 0.25) is 5.91 Å². The molecule has 28 heavy (non-hydrogen) atoms. The van der Waals surface area contributed by atoms with Crippen LogP contribution in [-0.4, -0.2) is 53.2 Å². The maximum absolute atomic E-state index is 12.9. The van der Waals surface area contributed by atoms with E-state index in [1.54, 1.807) is 0 Å². The summed E-state index contributed by atoms with van der Waals surface area (Å²) in [5, 5.41) is 11.8. The molecule has 2 aromatic rings.